The van der Waals surface area contributed by atoms with Gasteiger partial charge in [0, 0.05) is 12.6 Å². The molecule has 4 heteroatoms. The number of hydrogen-bond acceptors (Lipinski definition) is 3. The summed E-state index contributed by atoms with van der Waals surface area (Å²) in [6, 6.07) is 0.277. The molecule has 1 heterocycles. The number of carbonyl (C=O) groups excluding carboxylic acids is 1. The van der Waals surface area contributed by atoms with Crippen molar-refractivity contribution < 1.29 is 9.53 Å². The number of amides is 1. The second-order valence-electron chi connectivity index (χ2n) is 6.48. The van der Waals surface area contributed by atoms with Gasteiger partial charge in [0.05, 0.1) is 6.10 Å². The molecule has 116 valence electrons. The van der Waals surface area contributed by atoms with Crippen molar-refractivity contribution in [3.05, 3.63) is 0 Å². The predicted molar refractivity (Wildman–Crippen MR) is 80.6 cm³/mol. The van der Waals surface area contributed by atoms with Gasteiger partial charge in [0.1, 0.15) is 6.10 Å². The van der Waals surface area contributed by atoms with E-state index in [0.717, 1.165) is 51.1 Å². The fourth-order valence-electron chi connectivity index (χ4n) is 3.35. The monoisotopic (exact) mass is 282 g/mol. The summed E-state index contributed by atoms with van der Waals surface area (Å²) < 4.78 is 6.08. The van der Waals surface area contributed by atoms with Crippen molar-refractivity contribution in [1.82, 2.24) is 10.6 Å². The summed E-state index contributed by atoms with van der Waals surface area (Å²) >= 11 is 0. The minimum atomic E-state index is -0.271. The molecule has 4 unspecified atom stereocenters. The number of ether oxygens (including phenoxy) is 1. The van der Waals surface area contributed by atoms with Gasteiger partial charge in [-0.15, -0.1) is 0 Å². The van der Waals surface area contributed by atoms with Crippen LogP contribution in [0.2, 0.25) is 0 Å². The van der Waals surface area contributed by atoms with Crippen LogP contribution < -0.4 is 10.6 Å². The van der Waals surface area contributed by atoms with Crippen LogP contribution in [0.5, 0.6) is 0 Å². The summed E-state index contributed by atoms with van der Waals surface area (Å²) in [7, 11) is 0. The Morgan fingerprint density at radius 1 is 1.35 bits per heavy atom. The van der Waals surface area contributed by atoms with Gasteiger partial charge in [-0.05, 0) is 44.6 Å². The average Bonchev–Trinajstić information content (AvgIpc) is 2.46. The molecule has 20 heavy (non-hydrogen) atoms. The first-order chi connectivity index (χ1) is 9.69. The summed E-state index contributed by atoms with van der Waals surface area (Å²) in [6.45, 7) is 6.28. The van der Waals surface area contributed by atoms with E-state index in [-0.39, 0.29) is 24.2 Å². The van der Waals surface area contributed by atoms with E-state index < -0.39 is 0 Å². The van der Waals surface area contributed by atoms with Gasteiger partial charge in [-0.3, -0.25) is 4.79 Å². The Bertz CT molecular complexity index is 303. The molecule has 0 aromatic heterocycles. The molecule has 2 fully saturated rings. The number of rotatable bonds is 5. The molecule has 1 saturated heterocycles. The van der Waals surface area contributed by atoms with Crippen LogP contribution in [0.25, 0.3) is 0 Å². The molecule has 4 atom stereocenters. The third-order valence-electron chi connectivity index (χ3n) is 4.55. The van der Waals surface area contributed by atoms with Gasteiger partial charge in [-0.2, -0.15) is 0 Å². The van der Waals surface area contributed by atoms with Crippen molar-refractivity contribution in [1.29, 1.82) is 0 Å². The summed E-state index contributed by atoms with van der Waals surface area (Å²) in [5, 5.41) is 6.47. The fraction of sp³-hybridized carbons (Fsp3) is 0.938. The summed E-state index contributed by atoms with van der Waals surface area (Å²) in [5.41, 5.74) is 0. The normalized spacial score (nSPS) is 32.6. The standard InChI is InChI=1S/C16H30N2O2/c1-3-15(20-14-8-4-6-12(2)10-14)16(19)18-13-7-5-9-17-11-13/h12-15,17H,3-11H2,1-2H3,(H,18,19). The van der Waals surface area contributed by atoms with Crippen molar-refractivity contribution in [3.8, 4) is 0 Å². The quantitative estimate of drug-likeness (QED) is 0.813. The predicted octanol–water partition coefficient (Wildman–Crippen LogP) is 2.23. The van der Waals surface area contributed by atoms with Crippen molar-refractivity contribution in [2.75, 3.05) is 13.1 Å². The Morgan fingerprint density at radius 3 is 2.85 bits per heavy atom. The third kappa shape index (κ3) is 4.74. The molecular weight excluding hydrogens is 252 g/mol. The highest BCUT2D eigenvalue weighted by Crippen LogP contribution is 2.27. The zero-order valence-electron chi connectivity index (χ0n) is 13.0. The highest BCUT2D eigenvalue weighted by atomic mass is 16.5. The van der Waals surface area contributed by atoms with Gasteiger partial charge < -0.3 is 15.4 Å². The molecule has 0 aromatic rings. The molecule has 1 aliphatic heterocycles. The molecule has 1 amide bonds. The van der Waals surface area contributed by atoms with Crippen LogP contribution in [0, 0.1) is 5.92 Å². The maximum absolute atomic E-state index is 12.3. The molecule has 0 radical (unpaired) electrons. The van der Waals surface area contributed by atoms with E-state index in [4.69, 9.17) is 4.74 Å². The fourth-order valence-corrected chi connectivity index (χ4v) is 3.35. The summed E-state index contributed by atoms with van der Waals surface area (Å²) in [4.78, 5) is 12.3. The third-order valence-corrected chi connectivity index (χ3v) is 4.55. The maximum atomic E-state index is 12.3. The van der Waals surface area contributed by atoms with E-state index in [9.17, 15) is 4.79 Å². The van der Waals surface area contributed by atoms with E-state index in [1.165, 1.54) is 12.8 Å². The Hall–Kier alpha value is -0.610. The lowest BCUT2D eigenvalue weighted by atomic mass is 9.88. The molecule has 2 rings (SSSR count). The molecule has 4 nitrogen and oxygen atoms in total. The minimum Gasteiger partial charge on any atom is -0.365 e. The van der Waals surface area contributed by atoms with Crippen molar-refractivity contribution >= 4 is 5.91 Å². The van der Waals surface area contributed by atoms with E-state index in [0.29, 0.717) is 0 Å². The second kappa shape index (κ2) is 7.99. The largest absolute Gasteiger partial charge is 0.365 e. The summed E-state index contributed by atoms with van der Waals surface area (Å²) in [6.07, 6.45) is 7.74. The second-order valence-corrected chi connectivity index (χ2v) is 6.48. The molecule has 2 N–H and O–H groups in total. The first kappa shape index (κ1) is 15.8. The Kier molecular flexibility index (Phi) is 6.30. The van der Waals surface area contributed by atoms with Crippen LogP contribution in [0.4, 0.5) is 0 Å². The number of piperidine rings is 1. The lowest BCUT2D eigenvalue weighted by Crippen LogP contribution is -2.49. The highest BCUT2D eigenvalue weighted by molar-refractivity contribution is 5.81. The van der Waals surface area contributed by atoms with Crippen LogP contribution >= 0.6 is 0 Å². The average molecular weight is 282 g/mol. The lowest BCUT2D eigenvalue weighted by molar-refractivity contribution is -0.139. The first-order valence-corrected chi connectivity index (χ1v) is 8.35. The minimum absolute atomic E-state index is 0.0828. The Labute approximate surface area is 123 Å². The van der Waals surface area contributed by atoms with Crippen LogP contribution in [0.3, 0.4) is 0 Å². The first-order valence-electron chi connectivity index (χ1n) is 8.35. The van der Waals surface area contributed by atoms with E-state index in [2.05, 4.69) is 17.6 Å². The van der Waals surface area contributed by atoms with Crippen molar-refractivity contribution in [2.24, 2.45) is 5.92 Å². The van der Waals surface area contributed by atoms with Crippen molar-refractivity contribution in [3.63, 3.8) is 0 Å². The van der Waals surface area contributed by atoms with Gasteiger partial charge in [-0.1, -0.05) is 26.7 Å². The highest BCUT2D eigenvalue weighted by Gasteiger charge is 2.27. The van der Waals surface area contributed by atoms with Crippen LogP contribution in [-0.2, 0) is 9.53 Å². The zero-order chi connectivity index (χ0) is 14.4. The Balaban J connectivity index is 1.78. The smallest absolute Gasteiger partial charge is 0.249 e. The molecule has 0 spiro atoms. The molecule has 2 aliphatic rings. The lowest BCUT2D eigenvalue weighted by Gasteiger charge is -2.31. The van der Waals surface area contributed by atoms with E-state index in [1.807, 2.05) is 6.92 Å². The molecular formula is C16H30N2O2. The van der Waals surface area contributed by atoms with Crippen molar-refractivity contribution in [2.45, 2.75) is 77.0 Å². The Morgan fingerprint density at radius 2 is 2.20 bits per heavy atom. The van der Waals surface area contributed by atoms with Gasteiger partial charge in [0.15, 0.2) is 0 Å². The number of hydrogen-bond donors (Lipinski definition) is 2. The molecule has 0 aromatic carbocycles. The van der Waals surface area contributed by atoms with Crippen LogP contribution in [0.15, 0.2) is 0 Å². The van der Waals surface area contributed by atoms with Gasteiger partial charge in [0.2, 0.25) is 5.91 Å². The van der Waals surface area contributed by atoms with Crippen LogP contribution in [0.1, 0.15) is 58.8 Å². The number of carbonyl (C=O) groups is 1. The van der Waals surface area contributed by atoms with Crippen LogP contribution in [-0.4, -0.2) is 37.2 Å². The zero-order valence-corrected chi connectivity index (χ0v) is 13.0. The summed E-state index contributed by atoms with van der Waals surface area (Å²) in [5.74, 6) is 0.816. The van der Waals surface area contributed by atoms with Gasteiger partial charge in [0.25, 0.3) is 0 Å². The maximum Gasteiger partial charge on any atom is 0.249 e. The molecule has 0 bridgehead atoms. The van der Waals surface area contributed by atoms with E-state index in [1.54, 1.807) is 0 Å². The van der Waals surface area contributed by atoms with E-state index >= 15 is 0 Å². The number of nitrogens with one attached hydrogen (secondary N) is 2. The molecule has 1 aliphatic carbocycles. The topological polar surface area (TPSA) is 50.4 Å². The molecule has 1 saturated carbocycles. The van der Waals surface area contributed by atoms with Gasteiger partial charge in [-0.25, -0.2) is 0 Å². The van der Waals surface area contributed by atoms with Gasteiger partial charge >= 0.3 is 0 Å². The SMILES string of the molecule is CCC(OC1CCCC(C)C1)C(=O)NC1CCCNC1.